The number of benzene rings is 1. The Morgan fingerprint density at radius 2 is 2.00 bits per heavy atom. The predicted molar refractivity (Wildman–Crippen MR) is 96.2 cm³/mol. The fraction of sp³-hybridized carbons (Fsp3) is 0.579. The molecule has 4 nitrogen and oxygen atoms in total. The number of carbonyl (C=O) groups is 2. The van der Waals surface area contributed by atoms with Crippen molar-refractivity contribution in [1.82, 2.24) is 4.90 Å². The summed E-state index contributed by atoms with van der Waals surface area (Å²) in [6.07, 6.45) is 8.32. The summed E-state index contributed by atoms with van der Waals surface area (Å²) < 4.78 is 0. The van der Waals surface area contributed by atoms with Crippen LogP contribution < -0.4 is 4.90 Å². The third-order valence-corrected chi connectivity index (χ3v) is 6.55. The van der Waals surface area contributed by atoms with Crippen LogP contribution in [0.3, 0.4) is 0 Å². The summed E-state index contributed by atoms with van der Waals surface area (Å²) in [7, 11) is 0. The van der Waals surface area contributed by atoms with Gasteiger partial charge in [-0.2, -0.15) is 0 Å². The van der Waals surface area contributed by atoms with E-state index in [0.717, 1.165) is 17.0 Å². The Hall–Kier alpha value is -1.49. The summed E-state index contributed by atoms with van der Waals surface area (Å²) in [6, 6.07) is 7.97. The van der Waals surface area contributed by atoms with Crippen LogP contribution in [-0.2, 0) is 9.59 Å². The van der Waals surface area contributed by atoms with Gasteiger partial charge < -0.3 is 9.80 Å². The monoisotopic (exact) mass is 344 g/mol. The molecule has 1 aromatic carbocycles. The molecule has 24 heavy (non-hydrogen) atoms. The normalized spacial score (nSPS) is 26.6. The minimum absolute atomic E-state index is 0.104. The molecule has 5 heteroatoms. The molecule has 1 aromatic rings. The number of piperazine rings is 1. The third-order valence-electron chi connectivity index (χ3n) is 5.77. The highest BCUT2D eigenvalue weighted by molar-refractivity contribution is 7.98. The van der Waals surface area contributed by atoms with Crippen LogP contribution in [0.2, 0.25) is 0 Å². The van der Waals surface area contributed by atoms with Crippen molar-refractivity contribution in [2.75, 3.05) is 17.7 Å². The molecular formula is C19H24N2O2S. The van der Waals surface area contributed by atoms with Crippen LogP contribution in [0.1, 0.15) is 38.5 Å². The second-order valence-corrected chi connectivity index (χ2v) is 8.03. The number of fused-ring (bicyclic) bond motifs is 2. The van der Waals surface area contributed by atoms with Gasteiger partial charge in [0.1, 0.15) is 6.04 Å². The van der Waals surface area contributed by atoms with E-state index in [4.69, 9.17) is 0 Å². The van der Waals surface area contributed by atoms with Crippen molar-refractivity contribution in [3.05, 3.63) is 24.3 Å². The SMILES string of the molecule is CSc1ccccc1N1C(=O)[C@@H]2C[C@H]1CN2C(=O)CC1CCCC1. The molecule has 3 aliphatic rings. The van der Waals surface area contributed by atoms with Crippen LogP contribution in [0.25, 0.3) is 0 Å². The molecule has 0 aromatic heterocycles. The number of carbonyl (C=O) groups excluding carboxylic acids is 2. The Morgan fingerprint density at radius 3 is 2.71 bits per heavy atom. The number of nitrogens with zero attached hydrogens (tertiary/aromatic N) is 2. The zero-order valence-corrected chi connectivity index (χ0v) is 14.9. The van der Waals surface area contributed by atoms with Crippen LogP contribution in [0.15, 0.2) is 29.2 Å². The second kappa shape index (κ2) is 6.43. The maximum Gasteiger partial charge on any atom is 0.250 e. The zero-order valence-electron chi connectivity index (χ0n) is 14.1. The maximum atomic E-state index is 12.9. The van der Waals surface area contributed by atoms with Crippen LogP contribution >= 0.6 is 11.8 Å². The van der Waals surface area contributed by atoms with Gasteiger partial charge in [0.05, 0.1) is 11.7 Å². The van der Waals surface area contributed by atoms with Gasteiger partial charge in [-0.25, -0.2) is 0 Å². The van der Waals surface area contributed by atoms with Crippen molar-refractivity contribution in [1.29, 1.82) is 0 Å². The highest BCUT2D eigenvalue weighted by Gasteiger charge is 2.52. The Kier molecular flexibility index (Phi) is 4.29. The summed E-state index contributed by atoms with van der Waals surface area (Å²) in [5.74, 6) is 0.841. The largest absolute Gasteiger partial charge is 0.328 e. The predicted octanol–water partition coefficient (Wildman–Crippen LogP) is 3.30. The standard InChI is InChI=1S/C19H24N2O2S/c1-24-17-9-5-4-8-15(17)21-14-11-16(19(21)23)20(12-14)18(22)10-13-6-2-3-7-13/h4-5,8-9,13-14,16H,2-3,6-7,10-12H2,1H3/t14-,16-/m0/s1. The first kappa shape index (κ1) is 16.0. The van der Waals surface area contributed by atoms with Crippen LogP contribution in [0.5, 0.6) is 0 Å². The van der Waals surface area contributed by atoms with Gasteiger partial charge >= 0.3 is 0 Å². The van der Waals surface area contributed by atoms with Gasteiger partial charge in [-0.05, 0) is 43.6 Å². The number of likely N-dealkylation sites (tertiary alicyclic amines) is 1. The van der Waals surface area contributed by atoms with Crippen LogP contribution in [-0.4, -0.2) is 41.6 Å². The number of anilines is 1. The van der Waals surface area contributed by atoms with Gasteiger partial charge in [0.15, 0.2) is 0 Å². The van der Waals surface area contributed by atoms with Crippen molar-refractivity contribution in [3.63, 3.8) is 0 Å². The van der Waals surface area contributed by atoms with E-state index in [1.807, 2.05) is 34.3 Å². The van der Waals surface area contributed by atoms with Crippen molar-refractivity contribution in [2.24, 2.45) is 5.92 Å². The Labute approximate surface area is 147 Å². The average molecular weight is 344 g/mol. The first-order valence-corrected chi connectivity index (χ1v) is 10.2. The third kappa shape index (κ3) is 2.63. The molecule has 2 saturated heterocycles. The lowest BCUT2D eigenvalue weighted by atomic mass is 10.0. The number of hydrogen-bond acceptors (Lipinski definition) is 3. The highest BCUT2D eigenvalue weighted by atomic mass is 32.2. The molecule has 2 bridgehead atoms. The molecule has 0 unspecified atom stereocenters. The van der Waals surface area contributed by atoms with E-state index >= 15 is 0 Å². The van der Waals surface area contributed by atoms with E-state index in [9.17, 15) is 9.59 Å². The lowest BCUT2D eigenvalue weighted by Gasteiger charge is -2.35. The fourth-order valence-corrected chi connectivity index (χ4v) is 5.16. The lowest BCUT2D eigenvalue weighted by molar-refractivity contribution is -0.139. The Balaban J connectivity index is 1.49. The molecule has 0 radical (unpaired) electrons. The van der Waals surface area contributed by atoms with Gasteiger partial charge in [0.2, 0.25) is 11.8 Å². The molecule has 2 aliphatic heterocycles. The molecule has 3 fully saturated rings. The summed E-state index contributed by atoms with van der Waals surface area (Å²) >= 11 is 1.67. The highest BCUT2D eigenvalue weighted by Crippen LogP contribution is 2.40. The minimum Gasteiger partial charge on any atom is -0.328 e. The molecule has 128 valence electrons. The lowest BCUT2D eigenvalue weighted by Crippen LogP contribution is -2.52. The van der Waals surface area contributed by atoms with Gasteiger partial charge in [-0.15, -0.1) is 11.8 Å². The van der Waals surface area contributed by atoms with E-state index in [1.54, 1.807) is 11.8 Å². The number of thioether (sulfide) groups is 1. The molecule has 1 saturated carbocycles. The van der Waals surface area contributed by atoms with Gasteiger partial charge in [-0.3, -0.25) is 9.59 Å². The van der Waals surface area contributed by atoms with Crippen LogP contribution in [0.4, 0.5) is 5.69 Å². The summed E-state index contributed by atoms with van der Waals surface area (Å²) in [5, 5.41) is 0. The fourth-order valence-electron chi connectivity index (χ4n) is 4.57. The molecule has 4 rings (SSSR count). The van der Waals surface area contributed by atoms with E-state index < -0.39 is 0 Å². The van der Waals surface area contributed by atoms with E-state index in [2.05, 4.69) is 6.07 Å². The topological polar surface area (TPSA) is 40.6 Å². The van der Waals surface area contributed by atoms with Crippen molar-refractivity contribution < 1.29 is 9.59 Å². The van der Waals surface area contributed by atoms with E-state index in [-0.39, 0.29) is 23.9 Å². The number of hydrogen-bond donors (Lipinski definition) is 0. The maximum absolute atomic E-state index is 12.9. The number of amides is 2. The van der Waals surface area contributed by atoms with Gasteiger partial charge in [0.25, 0.3) is 0 Å². The molecular weight excluding hydrogens is 320 g/mol. The Bertz CT molecular complexity index is 657. The molecule has 1 aliphatic carbocycles. The minimum atomic E-state index is -0.237. The quantitative estimate of drug-likeness (QED) is 0.787. The van der Waals surface area contributed by atoms with E-state index in [1.165, 1.54) is 25.7 Å². The van der Waals surface area contributed by atoms with Crippen molar-refractivity contribution >= 4 is 29.3 Å². The second-order valence-electron chi connectivity index (χ2n) is 7.19. The molecule has 2 atom stereocenters. The zero-order chi connectivity index (χ0) is 16.7. The summed E-state index contributed by atoms with van der Waals surface area (Å²) in [4.78, 5) is 30.5. The molecule has 2 amide bonds. The Morgan fingerprint density at radius 1 is 1.25 bits per heavy atom. The van der Waals surface area contributed by atoms with Crippen molar-refractivity contribution in [3.8, 4) is 0 Å². The first-order chi connectivity index (χ1) is 11.7. The molecule has 2 heterocycles. The summed E-state index contributed by atoms with van der Waals surface area (Å²) in [5.41, 5.74) is 1.00. The molecule has 0 N–H and O–H groups in total. The van der Waals surface area contributed by atoms with Gasteiger partial charge in [-0.1, -0.05) is 25.0 Å². The van der Waals surface area contributed by atoms with Crippen molar-refractivity contribution in [2.45, 2.75) is 55.5 Å². The average Bonchev–Trinajstić information content (AvgIpc) is 3.31. The number of para-hydroxylation sites is 1. The summed E-state index contributed by atoms with van der Waals surface area (Å²) in [6.45, 7) is 0.699. The smallest absolute Gasteiger partial charge is 0.250 e. The molecule has 0 spiro atoms. The first-order valence-electron chi connectivity index (χ1n) is 8.94. The van der Waals surface area contributed by atoms with Crippen LogP contribution in [0, 0.1) is 5.92 Å². The van der Waals surface area contributed by atoms with Gasteiger partial charge in [0, 0.05) is 17.9 Å². The van der Waals surface area contributed by atoms with E-state index in [0.29, 0.717) is 18.9 Å². The number of rotatable bonds is 4.